The largest absolute Gasteiger partial charge is 0.293 e. The number of Topliss-reactive ketones (excluding diaryl/α,β-unsaturated/α-hetero) is 1. The van der Waals surface area contributed by atoms with Crippen molar-refractivity contribution in [3.05, 3.63) is 40.7 Å². The molecule has 5 heteroatoms. The van der Waals surface area contributed by atoms with E-state index < -0.39 is 0 Å². The van der Waals surface area contributed by atoms with Gasteiger partial charge >= 0.3 is 0 Å². The molecule has 2 aromatic heterocycles. The van der Waals surface area contributed by atoms with Crippen LogP contribution in [0.1, 0.15) is 40.7 Å². The first-order valence-electron chi connectivity index (χ1n) is 5.43. The SMILES string of the molecule is CC(C)c1nnsc1C(=O)Cc1cccnc1. The first-order chi connectivity index (χ1) is 8.18. The third kappa shape index (κ3) is 2.74. The van der Waals surface area contributed by atoms with E-state index in [-0.39, 0.29) is 11.7 Å². The lowest BCUT2D eigenvalue weighted by molar-refractivity contribution is 0.0995. The number of carbonyl (C=O) groups is 1. The van der Waals surface area contributed by atoms with E-state index in [9.17, 15) is 4.79 Å². The predicted molar refractivity (Wildman–Crippen MR) is 66.3 cm³/mol. The molecule has 2 rings (SSSR count). The van der Waals surface area contributed by atoms with Gasteiger partial charge in [-0.05, 0) is 29.1 Å². The van der Waals surface area contributed by atoms with Gasteiger partial charge in [-0.1, -0.05) is 24.4 Å². The molecule has 0 saturated carbocycles. The molecule has 0 atom stereocenters. The lowest BCUT2D eigenvalue weighted by Gasteiger charge is -2.03. The maximum Gasteiger partial charge on any atom is 0.180 e. The molecule has 0 aliphatic heterocycles. The third-order valence-corrected chi connectivity index (χ3v) is 3.18. The highest BCUT2D eigenvalue weighted by Gasteiger charge is 2.18. The van der Waals surface area contributed by atoms with Crippen LogP contribution in [0, 0.1) is 0 Å². The van der Waals surface area contributed by atoms with Crippen molar-refractivity contribution in [2.75, 3.05) is 0 Å². The molecule has 0 amide bonds. The Kier molecular flexibility index (Phi) is 3.58. The highest BCUT2D eigenvalue weighted by atomic mass is 32.1. The molecular formula is C12H13N3OS. The summed E-state index contributed by atoms with van der Waals surface area (Å²) in [4.78, 5) is 16.8. The van der Waals surface area contributed by atoms with Gasteiger partial charge < -0.3 is 0 Å². The lowest BCUT2D eigenvalue weighted by Crippen LogP contribution is -2.06. The maximum absolute atomic E-state index is 12.1. The Morgan fingerprint density at radius 3 is 2.94 bits per heavy atom. The van der Waals surface area contributed by atoms with Gasteiger partial charge in [-0.3, -0.25) is 9.78 Å². The van der Waals surface area contributed by atoms with Crippen LogP contribution in [0.5, 0.6) is 0 Å². The Hall–Kier alpha value is -1.62. The first kappa shape index (κ1) is 11.9. The third-order valence-electron chi connectivity index (χ3n) is 2.40. The van der Waals surface area contributed by atoms with Crippen LogP contribution in [0.4, 0.5) is 0 Å². The van der Waals surface area contributed by atoms with Crippen LogP contribution in [-0.2, 0) is 6.42 Å². The molecule has 0 saturated heterocycles. The Morgan fingerprint density at radius 2 is 2.29 bits per heavy atom. The minimum absolute atomic E-state index is 0.0664. The molecular weight excluding hydrogens is 234 g/mol. The summed E-state index contributed by atoms with van der Waals surface area (Å²) in [5, 5.41) is 4.01. The smallest absolute Gasteiger partial charge is 0.180 e. The molecule has 0 radical (unpaired) electrons. The van der Waals surface area contributed by atoms with Crippen molar-refractivity contribution >= 4 is 17.3 Å². The van der Waals surface area contributed by atoms with E-state index in [1.54, 1.807) is 12.4 Å². The highest BCUT2D eigenvalue weighted by Crippen LogP contribution is 2.21. The first-order valence-corrected chi connectivity index (χ1v) is 6.20. The van der Waals surface area contributed by atoms with Crippen molar-refractivity contribution in [3.8, 4) is 0 Å². The van der Waals surface area contributed by atoms with E-state index in [4.69, 9.17) is 0 Å². The van der Waals surface area contributed by atoms with Gasteiger partial charge in [0, 0.05) is 18.8 Å². The summed E-state index contributed by atoms with van der Waals surface area (Å²) in [6.07, 6.45) is 3.76. The fourth-order valence-electron chi connectivity index (χ4n) is 1.54. The van der Waals surface area contributed by atoms with Gasteiger partial charge in [0.15, 0.2) is 5.78 Å². The summed E-state index contributed by atoms with van der Waals surface area (Å²) in [5.41, 5.74) is 1.71. The number of aromatic nitrogens is 3. The van der Waals surface area contributed by atoms with Crippen LogP contribution in [0.2, 0.25) is 0 Å². The topological polar surface area (TPSA) is 55.7 Å². The summed E-state index contributed by atoms with van der Waals surface area (Å²) in [5.74, 6) is 0.290. The number of rotatable bonds is 4. The van der Waals surface area contributed by atoms with Crippen molar-refractivity contribution in [1.82, 2.24) is 14.6 Å². The molecule has 0 N–H and O–H groups in total. The summed E-state index contributed by atoms with van der Waals surface area (Å²) in [6, 6.07) is 3.73. The standard InChI is InChI=1S/C12H13N3OS/c1-8(2)11-12(17-15-14-11)10(16)6-9-4-3-5-13-7-9/h3-5,7-8H,6H2,1-2H3. The fourth-order valence-corrected chi connectivity index (χ4v) is 2.29. The van der Waals surface area contributed by atoms with Crippen LogP contribution in [0.3, 0.4) is 0 Å². The van der Waals surface area contributed by atoms with Crippen LogP contribution >= 0.6 is 11.5 Å². The molecule has 17 heavy (non-hydrogen) atoms. The number of ketones is 1. The minimum atomic E-state index is 0.0664. The molecule has 0 bridgehead atoms. The van der Waals surface area contributed by atoms with Crippen molar-refractivity contribution < 1.29 is 4.79 Å². The fraction of sp³-hybridized carbons (Fsp3) is 0.333. The number of hydrogen-bond donors (Lipinski definition) is 0. The molecule has 0 unspecified atom stereocenters. The van der Waals surface area contributed by atoms with Crippen LogP contribution in [0.25, 0.3) is 0 Å². The monoisotopic (exact) mass is 247 g/mol. The predicted octanol–water partition coefficient (Wildman–Crippen LogP) is 2.48. The zero-order valence-corrected chi connectivity index (χ0v) is 10.6. The minimum Gasteiger partial charge on any atom is -0.293 e. The molecule has 2 heterocycles. The normalized spacial score (nSPS) is 10.8. The maximum atomic E-state index is 12.1. The van der Waals surface area contributed by atoms with Gasteiger partial charge in [0.05, 0.1) is 5.69 Å². The highest BCUT2D eigenvalue weighted by molar-refractivity contribution is 7.08. The second-order valence-corrected chi connectivity index (χ2v) is 4.86. The van der Waals surface area contributed by atoms with Crippen LogP contribution in [-0.4, -0.2) is 20.4 Å². The molecule has 0 aromatic carbocycles. The average Bonchev–Trinajstić information content (AvgIpc) is 2.79. The van der Waals surface area contributed by atoms with E-state index >= 15 is 0 Å². The van der Waals surface area contributed by atoms with Gasteiger partial charge in [0.2, 0.25) is 0 Å². The van der Waals surface area contributed by atoms with Gasteiger partial charge in [-0.2, -0.15) is 0 Å². The number of carbonyl (C=O) groups excluding carboxylic acids is 1. The second-order valence-electron chi connectivity index (χ2n) is 4.10. The van der Waals surface area contributed by atoms with Crippen molar-refractivity contribution in [1.29, 1.82) is 0 Å². The van der Waals surface area contributed by atoms with Crippen molar-refractivity contribution in [3.63, 3.8) is 0 Å². The van der Waals surface area contributed by atoms with Crippen molar-refractivity contribution in [2.45, 2.75) is 26.2 Å². The molecule has 88 valence electrons. The zero-order chi connectivity index (χ0) is 12.3. The van der Waals surface area contributed by atoms with Gasteiger partial charge in [-0.25, -0.2) is 0 Å². The van der Waals surface area contributed by atoms with Crippen LogP contribution < -0.4 is 0 Å². The zero-order valence-electron chi connectivity index (χ0n) is 9.75. The molecule has 4 nitrogen and oxygen atoms in total. The van der Waals surface area contributed by atoms with Gasteiger partial charge in [0.25, 0.3) is 0 Å². The summed E-state index contributed by atoms with van der Waals surface area (Å²) >= 11 is 1.17. The summed E-state index contributed by atoms with van der Waals surface area (Å²) < 4.78 is 3.86. The lowest BCUT2D eigenvalue weighted by atomic mass is 10.0. The van der Waals surface area contributed by atoms with E-state index in [0.29, 0.717) is 11.3 Å². The number of pyridine rings is 1. The quantitative estimate of drug-likeness (QED) is 0.779. The summed E-state index contributed by atoms with van der Waals surface area (Å²) in [7, 11) is 0. The molecule has 0 aliphatic carbocycles. The van der Waals surface area contributed by atoms with E-state index in [2.05, 4.69) is 14.6 Å². The molecule has 0 fully saturated rings. The number of hydrogen-bond acceptors (Lipinski definition) is 5. The van der Waals surface area contributed by atoms with E-state index in [1.165, 1.54) is 11.5 Å². The molecule has 0 spiro atoms. The van der Waals surface area contributed by atoms with Gasteiger partial charge in [-0.15, -0.1) is 5.10 Å². The Morgan fingerprint density at radius 1 is 1.47 bits per heavy atom. The van der Waals surface area contributed by atoms with Gasteiger partial charge in [0.1, 0.15) is 4.88 Å². The second kappa shape index (κ2) is 5.14. The number of nitrogens with zero attached hydrogens (tertiary/aromatic N) is 3. The Balaban J connectivity index is 2.18. The Bertz CT molecular complexity index is 507. The van der Waals surface area contributed by atoms with Crippen molar-refractivity contribution in [2.24, 2.45) is 0 Å². The van der Waals surface area contributed by atoms with E-state index in [1.807, 2.05) is 26.0 Å². The summed E-state index contributed by atoms with van der Waals surface area (Å²) in [6.45, 7) is 4.02. The molecule has 0 aliphatic rings. The van der Waals surface area contributed by atoms with Crippen LogP contribution in [0.15, 0.2) is 24.5 Å². The van der Waals surface area contributed by atoms with E-state index in [0.717, 1.165) is 11.3 Å². The molecule has 2 aromatic rings. The average molecular weight is 247 g/mol. The Labute approximate surface area is 104 Å².